The molecule has 1 amide bonds. The fraction of sp³-hybridized carbons (Fsp3) is 0.267. The van der Waals surface area contributed by atoms with Crippen LogP contribution in [0.3, 0.4) is 0 Å². The second kappa shape index (κ2) is 6.11. The minimum atomic E-state index is -1.30. The molecule has 2 heterocycles. The van der Waals surface area contributed by atoms with Crippen LogP contribution in [0.5, 0.6) is 11.8 Å². The van der Waals surface area contributed by atoms with Crippen LogP contribution in [0, 0.1) is 0 Å². The molecule has 2 aromatic heterocycles. The number of carbonyl (C=O) groups is 2. The molecular formula is C15H17N3O6. The van der Waals surface area contributed by atoms with Gasteiger partial charge in [-0.15, -0.1) is 0 Å². The highest BCUT2D eigenvalue weighted by atomic mass is 16.6. The van der Waals surface area contributed by atoms with Gasteiger partial charge in [-0.2, -0.15) is 0 Å². The number of rotatable bonds is 3. The molecule has 0 aromatic carbocycles. The summed E-state index contributed by atoms with van der Waals surface area (Å²) in [5.41, 5.74) is -1.04. The maximum Gasteiger partial charge on any atom is 0.413 e. The lowest BCUT2D eigenvalue weighted by molar-refractivity contribution is 0.0635. The quantitative estimate of drug-likeness (QED) is 0.676. The Labute approximate surface area is 137 Å². The number of hydrogen-bond acceptors (Lipinski definition) is 6. The van der Waals surface area contributed by atoms with Crippen LogP contribution < -0.4 is 5.32 Å². The Morgan fingerprint density at radius 1 is 1.12 bits per heavy atom. The molecule has 2 rings (SSSR count). The van der Waals surface area contributed by atoms with Gasteiger partial charge >= 0.3 is 12.1 Å². The first-order chi connectivity index (χ1) is 11.1. The molecule has 128 valence electrons. The third-order valence-corrected chi connectivity index (χ3v) is 2.80. The molecule has 2 aromatic rings. The lowest BCUT2D eigenvalue weighted by Crippen LogP contribution is -2.28. The maximum absolute atomic E-state index is 11.9. The first kappa shape index (κ1) is 17.1. The average Bonchev–Trinajstić information content (AvgIpc) is 2.75. The van der Waals surface area contributed by atoms with Crippen LogP contribution in [0.1, 0.15) is 31.1 Å². The summed E-state index contributed by atoms with van der Waals surface area (Å²) >= 11 is 0. The largest absolute Gasteiger partial charge is 0.494 e. The number of nitrogens with one attached hydrogen (secondary N) is 1. The fourth-order valence-corrected chi connectivity index (χ4v) is 1.89. The molecule has 0 bridgehead atoms. The van der Waals surface area contributed by atoms with Crippen molar-refractivity contribution in [3.05, 3.63) is 29.8 Å². The van der Waals surface area contributed by atoms with Crippen LogP contribution in [0.15, 0.2) is 24.3 Å². The number of pyridine rings is 1. The lowest BCUT2D eigenvalue weighted by Gasteiger charge is -2.20. The Balaban J connectivity index is 2.43. The Hall–Kier alpha value is -3.23. The van der Waals surface area contributed by atoms with E-state index in [1.165, 1.54) is 24.3 Å². The topological polar surface area (TPSA) is 134 Å². The van der Waals surface area contributed by atoms with E-state index in [1.807, 2.05) is 0 Å². The van der Waals surface area contributed by atoms with Gasteiger partial charge in [0.25, 0.3) is 0 Å². The number of hydrogen-bond donors (Lipinski definition) is 4. The number of carbonyl (C=O) groups excluding carboxylic acids is 1. The Kier molecular flexibility index (Phi) is 4.36. The van der Waals surface area contributed by atoms with Crippen molar-refractivity contribution in [3.8, 4) is 17.6 Å². The van der Waals surface area contributed by atoms with E-state index >= 15 is 0 Å². The van der Waals surface area contributed by atoms with Gasteiger partial charge in [-0.05, 0) is 32.9 Å². The second-order valence-electron chi connectivity index (χ2n) is 5.88. The summed E-state index contributed by atoms with van der Waals surface area (Å²) in [4.78, 5) is 27.1. The van der Waals surface area contributed by atoms with E-state index < -0.39 is 17.7 Å². The van der Waals surface area contributed by atoms with E-state index in [4.69, 9.17) is 4.74 Å². The van der Waals surface area contributed by atoms with E-state index in [1.54, 1.807) is 20.8 Å². The van der Waals surface area contributed by atoms with Crippen LogP contribution >= 0.6 is 0 Å². The van der Waals surface area contributed by atoms with Crippen LogP contribution in [-0.2, 0) is 4.74 Å². The van der Waals surface area contributed by atoms with Crippen LogP contribution in [0.4, 0.5) is 10.6 Å². The monoisotopic (exact) mass is 335 g/mol. The van der Waals surface area contributed by atoms with Gasteiger partial charge in [0.15, 0.2) is 17.6 Å². The summed E-state index contributed by atoms with van der Waals surface area (Å²) in [7, 11) is 0. The first-order valence-electron chi connectivity index (χ1n) is 6.93. The highest BCUT2D eigenvalue weighted by Crippen LogP contribution is 2.27. The number of carboxylic acid groups (broad SMARTS) is 1. The molecule has 0 aliphatic heterocycles. The number of anilines is 1. The molecule has 0 saturated carbocycles. The molecule has 4 N–H and O–H groups in total. The highest BCUT2D eigenvalue weighted by molar-refractivity contribution is 5.97. The third-order valence-electron chi connectivity index (χ3n) is 2.80. The van der Waals surface area contributed by atoms with Crippen molar-refractivity contribution in [1.29, 1.82) is 0 Å². The Morgan fingerprint density at radius 3 is 2.21 bits per heavy atom. The van der Waals surface area contributed by atoms with Crippen molar-refractivity contribution in [2.24, 2.45) is 0 Å². The molecule has 0 saturated heterocycles. The van der Waals surface area contributed by atoms with Crippen molar-refractivity contribution in [1.82, 2.24) is 9.55 Å². The average molecular weight is 335 g/mol. The third kappa shape index (κ3) is 3.75. The maximum atomic E-state index is 11.9. The molecule has 0 atom stereocenters. The van der Waals surface area contributed by atoms with Crippen molar-refractivity contribution in [3.63, 3.8) is 0 Å². The molecule has 0 aliphatic carbocycles. The molecule has 0 fully saturated rings. The molecular weight excluding hydrogens is 318 g/mol. The van der Waals surface area contributed by atoms with Gasteiger partial charge in [0.2, 0.25) is 0 Å². The van der Waals surface area contributed by atoms with Gasteiger partial charge in [-0.3, -0.25) is 5.32 Å². The molecule has 0 aliphatic rings. The van der Waals surface area contributed by atoms with Crippen molar-refractivity contribution < 1.29 is 29.6 Å². The van der Waals surface area contributed by atoms with Crippen LogP contribution in [-0.4, -0.2) is 42.5 Å². The van der Waals surface area contributed by atoms with Crippen LogP contribution in [0.2, 0.25) is 0 Å². The molecule has 9 nitrogen and oxygen atoms in total. The molecule has 0 unspecified atom stereocenters. The number of ether oxygens (including phenoxy) is 1. The zero-order chi connectivity index (χ0) is 18.1. The summed E-state index contributed by atoms with van der Waals surface area (Å²) < 4.78 is 6.04. The van der Waals surface area contributed by atoms with Crippen molar-refractivity contribution >= 4 is 17.9 Å². The number of amides is 1. The van der Waals surface area contributed by atoms with Crippen molar-refractivity contribution in [2.45, 2.75) is 26.4 Å². The predicted octanol–water partition coefficient (Wildman–Crippen LogP) is 2.33. The Bertz CT molecular complexity index is 771. The lowest BCUT2D eigenvalue weighted by atomic mass is 10.2. The number of aromatic carboxylic acids is 1. The van der Waals surface area contributed by atoms with E-state index in [0.717, 1.165) is 4.57 Å². The SMILES string of the molecule is CC(C)(C)OC(=O)Nc1nc(-n2c(O)ccc2O)ccc1C(=O)O. The summed E-state index contributed by atoms with van der Waals surface area (Å²) in [5.74, 6) is -2.16. The van der Waals surface area contributed by atoms with E-state index in [0.29, 0.717) is 0 Å². The van der Waals surface area contributed by atoms with E-state index in [9.17, 15) is 24.9 Å². The second-order valence-corrected chi connectivity index (χ2v) is 5.88. The smallest absolute Gasteiger partial charge is 0.413 e. The summed E-state index contributed by atoms with van der Waals surface area (Å²) in [5, 5.41) is 30.9. The molecule has 0 spiro atoms. The summed E-state index contributed by atoms with van der Waals surface area (Å²) in [6.07, 6.45) is -0.879. The minimum absolute atomic E-state index is 0.0195. The predicted molar refractivity (Wildman–Crippen MR) is 83.7 cm³/mol. The van der Waals surface area contributed by atoms with Gasteiger partial charge in [-0.1, -0.05) is 0 Å². The Morgan fingerprint density at radius 2 is 1.71 bits per heavy atom. The van der Waals surface area contributed by atoms with Crippen molar-refractivity contribution in [2.75, 3.05) is 5.32 Å². The van der Waals surface area contributed by atoms with Crippen LogP contribution in [0.25, 0.3) is 5.82 Å². The van der Waals surface area contributed by atoms with Gasteiger partial charge in [0.05, 0.1) is 0 Å². The number of nitrogens with zero attached hydrogens (tertiary/aromatic N) is 2. The minimum Gasteiger partial charge on any atom is -0.494 e. The normalized spacial score (nSPS) is 11.1. The van der Waals surface area contributed by atoms with Gasteiger partial charge in [-0.25, -0.2) is 19.1 Å². The number of aromatic hydroxyl groups is 2. The zero-order valence-electron chi connectivity index (χ0n) is 13.3. The zero-order valence-corrected chi connectivity index (χ0v) is 13.3. The van der Waals surface area contributed by atoms with Gasteiger partial charge < -0.3 is 20.1 Å². The standard InChI is InChI=1S/C15H17N3O6/c1-15(2,3)24-14(23)17-12-8(13(21)22)4-5-9(16-12)18-10(19)6-7-11(18)20/h4-7,19-20H,1-3H3,(H,21,22)(H,16,17,23). The highest BCUT2D eigenvalue weighted by Gasteiger charge is 2.21. The van der Waals surface area contributed by atoms with E-state index in [2.05, 4.69) is 10.3 Å². The van der Waals surface area contributed by atoms with E-state index in [-0.39, 0.29) is 29.0 Å². The first-order valence-corrected chi connectivity index (χ1v) is 6.93. The molecule has 0 radical (unpaired) electrons. The number of carboxylic acids is 1. The molecule has 9 heteroatoms. The molecule has 24 heavy (non-hydrogen) atoms. The van der Waals surface area contributed by atoms with Gasteiger partial charge in [0, 0.05) is 12.1 Å². The van der Waals surface area contributed by atoms with Gasteiger partial charge in [0.1, 0.15) is 17.0 Å². The number of aromatic nitrogens is 2. The summed E-state index contributed by atoms with van der Waals surface area (Å²) in [6.45, 7) is 4.97. The fourth-order valence-electron chi connectivity index (χ4n) is 1.89. The summed E-state index contributed by atoms with van der Waals surface area (Å²) in [6, 6.07) is 4.95.